The van der Waals surface area contributed by atoms with E-state index in [1.54, 1.807) is 4.88 Å². The van der Waals surface area contributed by atoms with E-state index in [1.807, 2.05) is 17.5 Å². The van der Waals surface area contributed by atoms with Gasteiger partial charge in [0.05, 0.1) is 17.6 Å². The zero-order chi connectivity index (χ0) is 13.2. The van der Waals surface area contributed by atoms with Crippen molar-refractivity contribution in [2.24, 2.45) is 0 Å². The second-order valence-corrected chi connectivity index (χ2v) is 6.56. The number of hydrogen-bond acceptors (Lipinski definition) is 4. The van der Waals surface area contributed by atoms with E-state index in [-0.39, 0.29) is 0 Å². The highest BCUT2D eigenvalue weighted by atomic mass is 32.1. The first kappa shape index (κ1) is 12.9. The van der Waals surface area contributed by atoms with Crippen molar-refractivity contribution in [3.05, 3.63) is 28.6 Å². The lowest BCUT2D eigenvalue weighted by Crippen LogP contribution is -2.21. The second kappa shape index (κ2) is 5.47. The summed E-state index contributed by atoms with van der Waals surface area (Å²) in [6, 6.07) is 2.74. The van der Waals surface area contributed by atoms with E-state index < -0.39 is 0 Å². The quantitative estimate of drug-likeness (QED) is 0.923. The minimum atomic E-state index is 0.449. The maximum absolute atomic E-state index is 5.83. The molecule has 0 spiro atoms. The maximum atomic E-state index is 5.83. The molecule has 3 nitrogen and oxygen atoms in total. The summed E-state index contributed by atoms with van der Waals surface area (Å²) in [5.41, 5.74) is 1.52. The topological polar surface area (TPSA) is 38.1 Å². The molecule has 0 saturated heterocycles. The van der Waals surface area contributed by atoms with Crippen molar-refractivity contribution in [1.29, 1.82) is 0 Å². The average Bonchev–Trinajstić information content (AvgIpc) is 3.02. The molecule has 3 rings (SSSR count). The fourth-order valence-electron chi connectivity index (χ4n) is 2.41. The van der Waals surface area contributed by atoms with Gasteiger partial charge in [-0.3, -0.25) is 0 Å². The van der Waals surface area contributed by atoms with Crippen molar-refractivity contribution in [3.8, 4) is 10.6 Å². The van der Waals surface area contributed by atoms with Gasteiger partial charge in [0, 0.05) is 10.9 Å². The van der Waals surface area contributed by atoms with Crippen LogP contribution in [0.5, 0.6) is 0 Å². The molecule has 2 heterocycles. The molecule has 0 fully saturated rings. The van der Waals surface area contributed by atoms with E-state index in [4.69, 9.17) is 4.42 Å². The van der Waals surface area contributed by atoms with Gasteiger partial charge in [0.1, 0.15) is 0 Å². The number of thiophene rings is 1. The standard InChI is InChI=1S/C15H20N2OS/c1-10(2)16-9-15-17-8-12(18-15)14-7-11-5-3-4-6-13(11)19-14/h7-8,10,16H,3-6,9H2,1-2H3. The van der Waals surface area contributed by atoms with Crippen LogP contribution in [0.2, 0.25) is 0 Å². The van der Waals surface area contributed by atoms with Crippen LogP contribution in [0.3, 0.4) is 0 Å². The van der Waals surface area contributed by atoms with Gasteiger partial charge in [-0.2, -0.15) is 0 Å². The third-order valence-corrected chi connectivity index (χ3v) is 4.71. The summed E-state index contributed by atoms with van der Waals surface area (Å²) in [5.74, 6) is 1.69. The van der Waals surface area contributed by atoms with Crippen LogP contribution in [-0.4, -0.2) is 11.0 Å². The molecule has 0 aliphatic heterocycles. The lowest BCUT2D eigenvalue weighted by Gasteiger charge is -2.08. The molecule has 2 aromatic rings. The summed E-state index contributed by atoms with van der Waals surface area (Å²) in [6.45, 7) is 4.94. The third-order valence-electron chi connectivity index (χ3n) is 3.45. The van der Waals surface area contributed by atoms with Gasteiger partial charge in [-0.1, -0.05) is 13.8 Å². The summed E-state index contributed by atoms with van der Waals surface area (Å²) in [7, 11) is 0. The van der Waals surface area contributed by atoms with Crippen molar-refractivity contribution in [3.63, 3.8) is 0 Å². The number of oxazole rings is 1. The molecule has 0 unspecified atom stereocenters. The number of hydrogen-bond donors (Lipinski definition) is 1. The van der Waals surface area contributed by atoms with Crippen molar-refractivity contribution in [2.75, 3.05) is 0 Å². The van der Waals surface area contributed by atoms with E-state index in [9.17, 15) is 0 Å². The Morgan fingerprint density at radius 1 is 1.37 bits per heavy atom. The van der Waals surface area contributed by atoms with Crippen LogP contribution in [0.15, 0.2) is 16.7 Å². The predicted molar refractivity (Wildman–Crippen MR) is 78.4 cm³/mol. The van der Waals surface area contributed by atoms with Gasteiger partial charge in [-0.25, -0.2) is 4.98 Å². The summed E-state index contributed by atoms with van der Waals surface area (Å²) >= 11 is 1.87. The van der Waals surface area contributed by atoms with Crippen molar-refractivity contribution in [1.82, 2.24) is 10.3 Å². The first-order valence-corrected chi connectivity index (χ1v) is 7.84. The molecule has 0 amide bonds. The number of nitrogens with one attached hydrogen (secondary N) is 1. The molecule has 0 bridgehead atoms. The fourth-order valence-corrected chi connectivity index (χ4v) is 3.61. The highest BCUT2D eigenvalue weighted by Crippen LogP contribution is 2.35. The minimum Gasteiger partial charge on any atom is -0.438 e. The Hall–Kier alpha value is -1.13. The van der Waals surface area contributed by atoms with Gasteiger partial charge < -0.3 is 9.73 Å². The Bertz CT molecular complexity index is 533. The van der Waals surface area contributed by atoms with E-state index in [0.29, 0.717) is 12.6 Å². The Kier molecular flexibility index (Phi) is 3.71. The molecular weight excluding hydrogens is 256 g/mol. The molecule has 0 radical (unpaired) electrons. The average molecular weight is 276 g/mol. The zero-order valence-electron chi connectivity index (χ0n) is 11.5. The molecule has 2 aromatic heterocycles. The molecule has 19 heavy (non-hydrogen) atoms. The largest absolute Gasteiger partial charge is 0.438 e. The van der Waals surface area contributed by atoms with Gasteiger partial charge in [0.25, 0.3) is 0 Å². The van der Waals surface area contributed by atoms with E-state index >= 15 is 0 Å². The molecule has 1 aliphatic carbocycles. The number of rotatable bonds is 4. The van der Waals surface area contributed by atoms with Gasteiger partial charge in [-0.15, -0.1) is 11.3 Å². The highest BCUT2D eigenvalue weighted by Gasteiger charge is 2.16. The number of nitrogens with zero attached hydrogens (tertiary/aromatic N) is 1. The third kappa shape index (κ3) is 2.90. The number of aromatic nitrogens is 1. The summed E-state index contributed by atoms with van der Waals surface area (Å²) in [5, 5.41) is 3.32. The number of aryl methyl sites for hydroxylation is 2. The minimum absolute atomic E-state index is 0.449. The SMILES string of the molecule is CC(C)NCc1ncc(-c2cc3c(s2)CCCC3)o1. The smallest absolute Gasteiger partial charge is 0.208 e. The monoisotopic (exact) mass is 276 g/mol. The van der Waals surface area contributed by atoms with E-state index in [2.05, 4.69) is 30.2 Å². The molecule has 0 saturated carbocycles. The Balaban J connectivity index is 1.76. The molecule has 4 heteroatoms. The Morgan fingerprint density at radius 3 is 3.00 bits per heavy atom. The van der Waals surface area contributed by atoms with Crippen LogP contribution in [0.1, 0.15) is 43.0 Å². The van der Waals surface area contributed by atoms with Crippen molar-refractivity contribution in [2.45, 2.75) is 52.1 Å². The lowest BCUT2D eigenvalue weighted by molar-refractivity contribution is 0.459. The number of fused-ring (bicyclic) bond motifs is 1. The summed E-state index contributed by atoms with van der Waals surface area (Å²) < 4.78 is 5.83. The van der Waals surface area contributed by atoms with Gasteiger partial charge in [0.15, 0.2) is 5.76 Å². The highest BCUT2D eigenvalue weighted by molar-refractivity contribution is 7.15. The molecule has 1 N–H and O–H groups in total. The van der Waals surface area contributed by atoms with Crippen LogP contribution in [0, 0.1) is 0 Å². The predicted octanol–water partition coefficient (Wildman–Crippen LogP) is 3.78. The zero-order valence-corrected chi connectivity index (χ0v) is 12.3. The van der Waals surface area contributed by atoms with Crippen LogP contribution in [0.25, 0.3) is 10.6 Å². The van der Waals surface area contributed by atoms with E-state index in [0.717, 1.165) is 11.7 Å². The van der Waals surface area contributed by atoms with Gasteiger partial charge in [-0.05, 0) is 37.3 Å². The van der Waals surface area contributed by atoms with Crippen molar-refractivity contribution >= 4 is 11.3 Å². The summed E-state index contributed by atoms with van der Waals surface area (Å²) in [6.07, 6.45) is 6.96. The fraction of sp³-hybridized carbons (Fsp3) is 0.533. The van der Waals surface area contributed by atoms with Crippen molar-refractivity contribution < 1.29 is 4.42 Å². The van der Waals surface area contributed by atoms with Crippen LogP contribution >= 0.6 is 11.3 Å². The van der Waals surface area contributed by atoms with E-state index in [1.165, 1.54) is 36.1 Å². The maximum Gasteiger partial charge on any atom is 0.208 e. The van der Waals surface area contributed by atoms with Crippen LogP contribution < -0.4 is 5.32 Å². The first-order valence-electron chi connectivity index (χ1n) is 7.02. The molecule has 102 valence electrons. The molecular formula is C15H20N2OS. The molecule has 0 aromatic carbocycles. The Morgan fingerprint density at radius 2 is 2.21 bits per heavy atom. The van der Waals surface area contributed by atoms with Gasteiger partial charge in [0.2, 0.25) is 5.89 Å². The van der Waals surface area contributed by atoms with Gasteiger partial charge >= 0.3 is 0 Å². The lowest BCUT2D eigenvalue weighted by atomic mass is 9.99. The molecule has 1 aliphatic rings. The van der Waals surface area contributed by atoms with Crippen LogP contribution in [-0.2, 0) is 19.4 Å². The molecule has 0 atom stereocenters. The Labute approximate surface area is 118 Å². The second-order valence-electron chi connectivity index (χ2n) is 5.42. The first-order chi connectivity index (χ1) is 9.22. The summed E-state index contributed by atoms with van der Waals surface area (Å²) in [4.78, 5) is 7.12. The normalized spacial score (nSPS) is 14.9. The van der Waals surface area contributed by atoms with Crippen LogP contribution in [0.4, 0.5) is 0 Å².